The third-order valence-electron chi connectivity index (χ3n) is 2.07. The van der Waals surface area contributed by atoms with E-state index in [4.69, 9.17) is 0 Å². The Kier molecular flexibility index (Phi) is 5.28. The van der Waals surface area contributed by atoms with Crippen molar-refractivity contribution in [2.75, 3.05) is 0 Å². The maximum Gasteiger partial charge on any atom is 0.416 e. The number of hydrogen-bond donors (Lipinski definition) is 0. The Hall–Kier alpha value is -1.25. The Bertz CT molecular complexity index is 341. The standard InChI is InChI=1S/C13H17F3/c1-6-7-8-10(4)12(9(2)3)11(5)13(14,15)16/h7-8H,2,5-6H2,1,3-4H3. The molecule has 0 bridgehead atoms. The van der Waals surface area contributed by atoms with E-state index in [1.807, 2.05) is 13.0 Å². The second-order valence-corrected chi connectivity index (χ2v) is 3.63. The zero-order chi connectivity index (χ0) is 12.9. The van der Waals surface area contributed by atoms with E-state index in [0.717, 1.165) is 6.42 Å². The third kappa shape index (κ3) is 4.09. The van der Waals surface area contributed by atoms with Crippen LogP contribution in [0.4, 0.5) is 13.2 Å². The monoisotopic (exact) mass is 230 g/mol. The van der Waals surface area contributed by atoms with Gasteiger partial charge in [0.1, 0.15) is 0 Å². The minimum absolute atomic E-state index is 0.0946. The molecule has 0 atom stereocenters. The molecule has 0 rings (SSSR count). The highest BCUT2D eigenvalue weighted by Crippen LogP contribution is 2.34. The molecule has 0 aliphatic heterocycles. The molecule has 0 fully saturated rings. The predicted octanol–water partition coefficient (Wildman–Crippen LogP) is 4.96. The van der Waals surface area contributed by atoms with E-state index < -0.39 is 11.7 Å². The smallest absolute Gasteiger partial charge is 0.166 e. The molecule has 0 nitrogen and oxygen atoms in total. The zero-order valence-electron chi connectivity index (χ0n) is 9.91. The van der Waals surface area contributed by atoms with Crippen LogP contribution in [-0.4, -0.2) is 6.18 Å². The highest BCUT2D eigenvalue weighted by molar-refractivity contribution is 5.50. The Morgan fingerprint density at radius 3 is 2.00 bits per heavy atom. The fourth-order valence-electron chi connectivity index (χ4n) is 1.35. The molecule has 0 unspecified atom stereocenters. The summed E-state index contributed by atoms with van der Waals surface area (Å²) in [4.78, 5) is 0. The molecule has 0 saturated carbocycles. The van der Waals surface area contributed by atoms with Gasteiger partial charge in [0.25, 0.3) is 0 Å². The van der Waals surface area contributed by atoms with Gasteiger partial charge < -0.3 is 0 Å². The zero-order valence-corrected chi connectivity index (χ0v) is 9.91. The summed E-state index contributed by atoms with van der Waals surface area (Å²) in [6.07, 6.45) is -0.155. The number of alkyl halides is 3. The van der Waals surface area contributed by atoms with Gasteiger partial charge in [-0.05, 0) is 31.4 Å². The molecule has 0 amide bonds. The topological polar surface area (TPSA) is 0 Å². The van der Waals surface area contributed by atoms with Crippen molar-refractivity contribution in [1.82, 2.24) is 0 Å². The van der Waals surface area contributed by atoms with Gasteiger partial charge in [0.05, 0.1) is 5.57 Å². The van der Waals surface area contributed by atoms with Gasteiger partial charge in [-0.15, -0.1) is 0 Å². The summed E-state index contributed by atoms with van der Waals surface area (Å²) in [5.41, 5.74) is 0.174. The molecular formula is C13H17F3. The average molecular weight is 230 g/mol. The van der Waals surface area contributed by atoms with E-state index >= 15 is 0 Å². The Balaban J connectivity index is 5.41. The molecule has 0 heterocycles. The number of halogens is 3. The van der Waals surface area contributed by atoms with Gasteiger partial charge >= 0.3 is 6.18 Å². The third-order valence-corrected chi connectivity index (χ3v) is 2.07. The van der Waals surface area contributed by atoms with Gasteiger partial charge in [0.2, 0.25) is 0 Å². The van der Waals surface area contributed by atoms with Gasteiger partial charge in [-0.3, -0.25) is 0 Å². The molecule has 0 aliphatic rings. The predicted molar refractivity (Wildman–Crippen MR) is 62.1 cm³/mol. The van der Waals surface area contributed by atoms with E-state index in [0.29, 0.717) is 11.1 Å². The summed E-state index contributed by atoms with van der Waals surface area (Å²) < 4.78 is 37.6. The maximum absolute atomic E-state index is 12.5. The molecule has 90 valence electrons. The molecule has 0 aliphatic carbocycles. The highest BCUT2D eigenvalue weighted by Gasteiger charge is 2.34. The normalized spacial score (nSPS) is 13.9. The van der Waals surface area contributed by atoms with E-state index in [-0.39, 0.29) is 5.57 Å². The van der Waals surface area contributed by atoms with Crippen molar-refractivity contribution in [2.45, 2.75) is 33.4 Å². The molecule has 16 heavy (non-hydrogen) atoms. The van der Waals surface area contributed by atoms with Gasteiger partial charge in [0.15, 0.2) is 0 Å². The van der Waals surface area contributed by atoms with Gasteiger partial charge in [-0.2, -0.15) is 13.2 Å². The Morgan fingerprint density at radius 2 is 1.69 bits per heavy atom. The summed E-state index contributed by atoms with van der Waals surface area (Å²) in [6.45, 7) is 11.8. The SMILES string of the molecule is C=C(C)C(C(=C)C(F)(F)F)=C(C)C=CCC. The van der Waals surface area contributed by atoms with Crippen LogP contribution in [0.2, 0.25) is 0 Å². The van der Waals surface area contributed by atoms with Gasteiger partial charge in [-0.1, -0.05) is 37.8 Å². The fraction of sp³-hybridized carbons (Fsp3) is 0.385. The van der Waals surface area contributed by atoms with Crippen LogP contribution in [0, 0.1) is 0 Å². The van der Waals surface area contributed by atoms with Crippen molar-refractivity contribution in [3.63, 3.8) is 0 Å². The van der Waals surface area contributed by atoms with Crippen LogP contribution in [0.3, 0.4) is 0 Å². The summed E-state index contributed by atoms with van der Waals surface area (Å²) in [7, 11) is 0. The van der Waals surface area contributed by atoms with E-state index in [1.165, 1.54) is 0 Å². The molecule has 0 saturated heterocycles. The van der Waals surface area contributed by atoms with Crippen molar-refractivity contribution in [1.29, 1.82) is 0 Å². The quantitative estimate of drug-likeness (QED) is 0.598. The van der Waals surface area contributed by atoms with Crippen LogP contribution in [0.1, 0.15) is 27.2 Å². The van der Waals surface area contributed by atoms with Gasteiger partial charge in [0, 0.05) is 0 Å². The lowest BCUT2D eigenvalue weighted by atomic mass is 9.95. The summed E-state index contributed by atoms with van der Waals surface area (Å²) in [5.74, 6) is 0. The lowest BCUT2D eigenvalue weighted by molar-refractivity contribution is -0.0888. The first-order valence-corrected chi connectivity index (χ1v) is 5.01. The molecule has 3 heteroatoms. The first-order valence-electron chi connectivity index (χ1n) is 5.01. The average Bonchev–Trinajstić information content (AvgIpc) is 2.12. The molecule has 0 aromatic heterocycles. The minimum Gasteiger partial charge on any atom is -0.166 e. The molecule has 0 aromatic carbocycles. The van der Waals surface area contributed by atoms with Crippen LogP contribution in [-0.2, 0) is 0 Å². The van der Waals surface area contributed by atoms with E-state index in [2.05, 4.69) is 13.2 Å². The first kappa shape index (κ1) is 14.8. The molecule has 0 spiro atoms. The molecule has 0 aromatic rings. The molecule has 0 radical (unpaired) electrons. The number of rotatable bonds is 4. The number of allylic oxidation sites excluding steroid dienone is 6. The second-order valence-electron chi connectivity index (χ2n) is 3.63. The summed E-state index contributed by atoms with van der Waals surface area (Å²) in [5, 5.41) is 0. The van der Waals surface area contributed by atoms with Crippen molar-refractivity contribution in [3.05, 3.63) is 47.6 Å². The van der Waals surface area contributed by atoms with Crippen molar-refractivity contribution >= 4 is 0 Å². The Morgan fingerprint density at radius 1 is 1.19 bits per heavy atom. The highest BCUT2D eigenvalue weighted by atomic mass is 19.4. The Labute approximate surface area is 94.9 Å². The molecular weight excluding hydrogens is 213 g/mol. The van der Waals surface area contributed by atoms with E-state index in [1.54, 1.807) is 19.9 Å². The lowest BCUT2D eigenvalue weighted by Gasteiger charge is -2.16. The van der Waals surface area contributed by atoms with Crippen LogP contribution < -0.4 is 0 Å². The van der Waals surface area contributed by atoms with Crippen LogP contribution in [0.5, 0.6) is 0 Å². The van der Waals surface area contributed by atoms with Crippen molar-refractivity contribution in [2.24, 2.45) is 0 Å². The maximum atomic E-state index is 12.5. The summed E-state index contributed by atoms with van der Waals surface area (Å²) >= 11 is 0. The lowest BCUT2D eigenvalue weighted by Crippen LogP contribution is -2.14. The number of hydrogen-bond acceptors (Lipinski definition) is 0. The largest absolute Gasteiger partial charge is 0.416 e. The fourth-order valence-corrected chi connectivity index (χ4v) is 1.35. The van der Waals surface area contributed by atoms with Crippen LogP contribution in [0.25, 0.3) is 0 Å². The van der Waals surface area contributed by atoms with Crippen molar-refractivity contribution < 1.29 is 13.2 Å². The van der Waals surface area contributed by atoms with Gasteiger partial charge in [-0.25, -0.2) is 0 Å². The van der Waals surface area contributed by atoms with Crippen LogP contribution >= 0.6 is 0 Å². The van der Waals surface area contributed by atoms with Crippen LogP contribution in [0.15, 0.2) is 47.6 Å². The molecule has 0 N–H and O–H groups in total. The summed E-state index contributed by atoms with van der Waals surface area (Å²) in [6, 6.07) is 0. The second kappa shape index (κ2) is 5.73. The first-order chi connectivity index (χ1) is 7.21. The minimum atomic E-state index is -4.41. The van der Waals surface area contributed by atoms with E-state index in [9.17, 15) is 13.2 Å². The van der Waals surface area contributed by atoms with Crippen molar-refractivity contribution in [3.8, 4) is 0 Å².